The van der Waals surface area contributed by atoms with Gasteiger partial charge in [-0.3, -0.25) is 0 Å². The van der Waals surface area contributed by atoms with Crippen LogP contribution in [0, 0.1) is 0 Å². The zero-order chi connectivity index (χ0) is 12.3. The summed E-state index contributed by atoms with van der Waals surface area (Å²) in [5.41, 5.74) is -0.372. The van der Waals surface area contributed by atoms with Crippen molar-refractivity contribution < 1.29 is 5.11 Å². The van der Waals surface area contributed by atoms with E-state index in [0.29, 0.717) is 0 Å². The van der Waals surface area contributed by atoms with Gasteiger partial charge in [0.1, 0.15) is 0 Å². The second-order valence-electron chi connectivity index (χ2n) is 6.26. The molecular formula is C14H28N2O. The molecular weight excluding hydrogens is 212 g/mol. The van der Waals surface area contributed by atoms with Gasteiger partial charge >= 0.3 is 0 Å². The Morgan fingerprint density at radius 2 is 1.71 bits per heavy atom. The summed E-state index contributed by atoms with van der Waals surface area (Å²) in [6.45, 7) is 3.23. The van der Waals surface area contributed by atoms with Crippen molar-refractivity contribution in [2.45, 2.75) is 56.6 Å². The Labute approximate surface area is 106 Å². The normalized spacial score (nSPS) is 27.5. The number of likely N-dealkylation sites (tertiary alicyclic amines) is 1. The van der Waals surface area contributed by atoms with E-state index >= 15 is 0 Å². The second kappa shape index (κ2) is 5.68. The molecule has 2 fully saturated rings. The van der Waals surface area contributed by atoms with E-state index in [4.69, 9.17) is 0 Å². The van der Waals surface area contributed by atoms with Crippen molar-refractivity contribution in [3.8, 4) is 0 Å². The number of hydrogen-bond donors (Lipinski definition) is 1. The smallest absolute Gasteiger partial charge is 0.0774 e. The highest BCUT2D eigenvalue weighted by atomic mass is 16.3. The quantitative estimate of drug-likeness (QED) is 0.813. The summed E-state index contributed by atoms with van der Waals surface area (Å²) in [7, 11) is 4.35. The SMILES string of the molecule is CN(C)C1CCN(CC2(O)CCCCC2)CC1. The molecule has 1 aliphatic heterocycles. The van der Waals surface area contributed by atoms with Gasteiger partial charge in [-0.25, -0.2) is 0 Å². The summed E-state index contributed by atoms with van der Waals surface area (Å²) in [5, 5.41) is 10.5. The van der Waals surface area contributed by atoms with Crippen LogP contribution in [-0.4, -0.2) is 60.3 Å². The maximum absolute atomic E-state index is 10.5. The molecule has 100 valence electrons. The third-order valence-electron chi connectivity index (χ3n) is 4.59. The lowest BCUT2D eigenvalue weighted by molar-refractivity contribution is -0.0337. The number of hydrogen-bond acceptors (Lipinski definition) is 3. The van der Waals surface area contributed by atoms with E-state index in [1.165, 1.54) is 32.1 Å². The molecule has 0 unspecified atom stereocenters. The molecule has 0 amide bonds. The van der Waals surface area contributed by atoms with E-state index in [1.54, 1.807) is 0 Å². The Bertz CT molecular complexity index is 228. The minimum absolute atomic E-state index is 0.372. The van der Waals surface area contributed by atoms with Crippen LogP contribution in [0.4, 0.5) is 0 Å². The molecule has 0 radical (unpaired) electrons. The van der Waals surface area contributed by atoms with Gasteiger partial charge in [0, 0.05) is 12.6 Å². The third-order valence-corrected chi connectivity index (χ3v) is 4.59. The summed E-state index contributed by atoms with van der Waals surface area (Å²) in [5.74, 6) is 0. The van der Waals surface area contributed by atoms with Gasteiger partial charge < -0.3 is 14.9 Å². The van der Waals surface area contributed by atoms with Crippen LogP contribution in [0.1, 0.15) is 44.9 Å². The largest absolute Gasteiger partial charge is 0.389 e. The number of β-amino-alcohol motifs (C(OH)–C–C–N with tert-alkyl or cyclic N) is 1. The molecule has 17 heavy (non-hydrogen) atoms. The van der Waals surface area contributed by atoms with Gasteiger partial charge in [-0.1, -0.05) is 19.3 Å². The fourth-order valence-electron chi connectivity index (χ4n) is 3.38. The molecule has 0 spiro atoms. The maximum atomic E-state index is 10.5. The third kappa shape index (κ3) is 3.67. The number of nitrogens with zero attached hydrogens (tertiary/aromatic N) is 2. The fourth-order valence-corrected chi connectivity index (χ4v) is 3.38. The number of rotatable bonds is 3. The summed E-state index contributed by atoms with van der Waals surface area (Å²) >= 11 is 0. The van der Waals surface area contributed by atoms with Crippen LogP contribution in [0.2, 0.25) is 0 Å². The zero-order valence-electron chi connectivity index (χ0n) is 11.5. The van der Waals surface area contributed by atoms with Crippen molar-refractivity contribution in [3.05, 3.63) is 0 Å². The molecule has 0 bridgehead atoms. The van der Waals surface area contributed by atoms with Crippen molar-refractivity contribution in [2.24, 2.45) is 0 Å². The molecule has 1 saturated heterocycles. The highest BCUT2D eigenvalue weighted by Crippen LogP contribution is 2.29. The second-order valence-corrected chi connectivity index (χ2v) is 6.26. The molecule has 3 heteroatoms. The van der Waals surface area contributed by atoms with E-state index < -0.39 is 0 Å². The van der Waals surface area contributed by atoms with Crippen molar-refractivity contribution in [2.75, 3.05) is 33.7 Å². The van der Waals surface area contributed by atoms with Gasteiger partial charge in [0.15, 0.2) is 0 Å². The highest BCUT2D eigenvalue weighted by Gasteiger charge is 2.32. The predicted octanol–water partition coefficient (Wildman–Crippen LogP) is 1.71. The Kier molecular flexibility index (Phi) is 4.45. The molecule has 2 aliphatic rings. The molecule has 0 aromatic carbocycles. The lowest BCUT2D eigenvalue weighted by atomic mass is 9.84. The summed E-state index contributed by atoms with van der Waals surface area (Å²) in [4.78, 5) is 4.82. The van der Waals surface area contributed by atoms with Gasteiger partial charge in [-0.15, -0.1) is 0 Å². The molecule has 2 rings (SSSR count). The minimum atomic E-state index is -0.372. The van der Waals surface area contributed by atoms with Crippen LogP contribution in [0.15, 0.2) is 0 Å². The maximum Gasteiger partial charge on any atom is 0.0774 e. The fraction of sp³-hybridized carbons (Fsp3) is 1.00. The average Bonchev–Trinajstić information content (AvgIpc) is 2.30. The van der Waals surface area contributed by atoms with Crippen LogP contribution in [0.25, 0.3) is 0 Å². The molecule has 0 atom stereocenters. The van der Waals surface area contributed by atoms with E-state index in [-0.39, 0.29) is 5.60 Å². The van der Waals surface area contributed by atoms with E-state index in [0.717, 1.165) is 38.5 Å². The van der Waals surface area contributed by atoms with Crippen LogP contribution in [-0.2, 0) is 0 Å². The van der Waals surface area contributed by atoms with Crippen molar-refractivity contribution in [3.63, 3.8) is 0 Å². The zero-order valence-corrected chi connectivity index (χ0v) is 11.5. The van der Waals surface area contributed by atoms with Crippen molar-refractivity contribution in [1.82, 2.24) is 9.80 Å². The van der Waals surface area contributed by atoms with E-state index in [2.05, 4.69) is 23.9 Å². The minimum Gasteiger partial charge on any atom is -0.389 e. The number of aliphatic hydroxyl groups is 1. The Balaban J connectivity index is 1.77. The summed E-state index contributed by atoms with van der Waals surface area (Å²) in [6.07, 6.45) is 8.27. The van der Waals surface area contributed by atoms with Crippen molar-refractivity contribution in [1.29, 1.82) is 0 Å². The van der Waals surface area contributed by atoms with Crippen LogP contribution < -0.4 is 0 Å². The first-order chi connectivity index (χ1) is 8.09. The average molecular weight is 240 g/mol. The first-order valence-corrected chi connectivity index (χ1v) is 7.20. The van der Waals surface area contributed by atoms with Crippen molar-refractivity contribution >= 4 is 0 Å². The van der Waals surface area contributed by atoms with Gasteiger partial charge in [-0.05, 0) is 52.9 Å². The lowest BCUT2D eigenvalue weighted by Crippen LogP contribution is -2.49. The predicted molar refractivity (Wildman–Crippen MR) is 71.2 cm³/mol. The summed E-state index contributed by atoms with van der Waals surface area (Å²) in [6, 6.07) is 0.743. The monoisotopic (exact) mass is 240 g/mol. The van der Waals surface area contributed by atoms with Gasteiger partial charge in [-0.2, -0.15) is 0 Å². The Morgan fingerprint density at radius 3 is 2.24 bits per heavy atom. The molecule has 1 saturated carbocycles. The lowest BCUT2D eigenvalue weighted by Gasteiger charge is -2.41. The van der Waals surface area contributed by atoms with Crippen LogP contribution in [0.5, 0.6) is 0 Å². The molecule has 0 aromatic rings. The molecule has 0 aromatic heterocycles. The molecule has 1 heterocycles. The Morgan fingerprint density at radius 1 is 1.12 bits per heavy atom. The molecule has 3 nitrogen and oxygen atoms in total. The van der Waals surface area contributed by atoms with E-state index in [9.17, 15) is 5.11 Å². The van der Waals surface area contributed by atoms with Crippen LogP contribution in [0.3, 0.4) is 0 Å². The molecule has 1 aliphatic carbocycles. The molecule has 1 N–H and O–H groups in total. The van der Waals surface area contributed by atoms with Gasteiger partial charge in [0.05, 0.1) is 5.60 Å². The highest BCUT2D eigenvalue weighted by molar-refractivity contribution is 4.87. The summed E-state index contributed by atoms with van der Waals surface area (Å²) < 4.78 is 0. The first-order valence-electron chi connectivity index (χ1n) is 7.20. The topological polar surface area (TPSA) is 26.7 Å². The van der Waals surface area contributed by atoms with Gasteiger partial charge in [0.2, 0.25) is 0 Å². The first kappa shape index (κ1) is 13.3. The number of piperidine rings is 1. The Hall–Kier alpha value is -0.120. The standard InChI is InChI=1S/C14H28N2O/c1-15(2)13-6-10-16(11-7-13)12-14(17)8-4-3-5-9-14/h13,17H,3-12H2,1-2H3. The van der Waals surface area contributed by atoms with Gasteiger partial charge in [0.25, 0.3) is 0 Å². The van der Waals surface area contributed by atoms with E-state index in [1.807, 2.05) is 0 Å². The van der Waals surface area contributed by atoms with Crippen LogP contribution >= 0.6 is 0 Å².